The van der Waals surface area contributed by atoms with E-state index in [4.69, 9.17) is 28.4 Å². The highest BCUT2D eigenvalue weighted by molar-refractivity contribution is 5.75. The molecular weight excluding hydrogens is 428 g/mol. The normalized spacial score (nSPS) is 23.1. The van der Waals surface area contributed by atoms with E-state index in [1.165, 1.54) is 0 Å². The standard InChI is InChI=1S/C24H44N2O7/c27-24(25-8-1-4-12-28-15-21-18-31-21)7-11-26(9-2-5-13-29-16-22-19-32-22)10-3-6-14-30-17-23-20-33-23/h21-23H,1-20H2,(H,25,27). The third-order valence-corrected chi connectivity index (χ3v) is 5.84. The van der Waals surface area contributed by atoms with Crippen molar-refractivity contribution in [2.24, 2.45) is 0 Å². The number of hydrogen-bond acceptors (Lipinski definition) is 8. The van der Waals surface area contributed by atoms with E-state index in [-0.39, 0.29) is 5.91 Å². The number of nitrogens with zero attached hydrogens (tertiary/aromatic N) is 1. The van der Waals surface area contributed by atoms with E-state index in [0.717, 1.165) is 111 Å². The maximum atomic E-state index is 12.3. The molecule has 9 nitrogen and oxygen atoms in total. The Hall–Kier alpha value is -0.810. The number of ether oxygens (including phenoxy) is 6. The van der Waals surface area contributed by atoms with Crippen molar-refractivity contribution in [2.45, 2.75) is 63.3 Å². The monoisotopic (exact) mass is 472 g/mol. The summed E-state index contributed by atoms with van der Waals surface area (Å²) < 4.78 is 32.2. The van der Waals surface area contributed by atoms with Gasteiger partial charge in [0.25, 0.3) is 0 Å². The Kier molecular flexibility index (Phi) is 13.6. The van der Waals surface area contributed by atoms with Crippen LogP contribution in [0.2, 0.25) is 0 Å². The first kappa shape index (κ1) is 26.8. The Balaban J connectivity index is 1.17. The highest BCUT2D eigenvalue weighted by atomic mass is 16.6. The SMILES string of the molecule is O=C(CCN(CCCCOCC1CO1)CCCCOCC1CO1)NCCCCOCC1CO1. The van der Waals surface area contributed by atoms with Crippen LogP contribution >= 0.6 is 0 Å². The average molecular weight is 473 g/mol. The fourth-order valence-electron chi connectivity index (χ4n) is 3.46. The van der Waals surface area contributed by atoms with Crippen LogP contribution in [0.4, 0.5) is 0 Å². The molecule has 0 bridgehead atoms. The molecule has 192 valence electrons. The Morgan fingerprint density at radius 2 is 1.15 bits per heavy atom. The minimum atomic E-state index is 0.132. The van der Waals surface area contributed by atoms with Gasteiger partial charge in [-0.15, -0.1) is 0 Å². The molecule has 0 aromatic carbocycles. The second-order valence-electron chi connectivity index (χ2n) is 9.15. The minimum Gasteiger partial charge on any atom is -0.379 e. The summed E-state index contributed by atoms with van der Waals surface area (Å²) in [7, 11) is 0. The largest absolute Gasteiger partial charge is 0.379 e. The Morgan fingerprint density at radius 1 is 0.697 bits per heavy atom. The maximum absolute atomic E-state index is 12.3. The number of amides is 1. The maximum Gasteiger partial charge on any atom is 0.221 e. The lowest BCUT2D eigenvalue weighted by atomic mass is 10.2. The fraction of sp³-hybridized carbons (Fsp3) is 0.958. The quantitative estimate of drug-likeness (QED) is 0.166. The van der Waals surface area contributed by atoms with Crippen LogP contribution in [0.15, 0.2) is 0 Å². The molecule has 3 atom stereocenters. The first-order chi connectivity index (χ1) is 16.3. The first-order valence-electron chi connectivity index (χ1n) is 12.9. The molecule has 3 aliphatic heterocycles. The van der Waals surface area contributed by atoms with Crippen LogP contribution in [0, 0.1) is 0 Å². The molecule has 3 aliphatic rings. The minimum absolute atomic E-state index is 0.132. The summed E-state index contributed by atoms with van der Waals surface area (Å²) >= 11 is 0. The lowest BCUT2D eigenvalue weighted by Crippen LogP contribution is -2.33. The molecule has 3 rings (SSSR count). The van der Waals surface area contributed by atoms with Gasteiger partial charge < -0.3 is 38.6 Å². The molecule has 1 amide bonds. The fourth-order valence-corrected chi connectivity index (χ4v) is 3.46. The Labute approximate surface area is 198 Å². The molecule has 0 aliphatic carbocycles. The van der Waals surface area contributed by atoms with Crippen LogP contribution in [0.1, 0.15) is 44.9 Å². The zero-order valence-electron chi connectivity index (χ0n) is 20.2. The molecular formula is C24H44N2O7. The zero-order valence-corrected chi connectivity index (χ0v) is 20.2. The lowest BCUT2D eigenvalue weighted by Gasteiger charge is -2.22. The van der Waals surface area contributed by atoms with Crippen molar-refractivity contribution >= 4 is 5.91 Å². The molecule has 0 saturated carbocycles. The number of epoxide rings is 3. The zero-order chi connectivity index (χ0) is 23.0. The summed E-state index contributed by atoms with van der Waals surface area (Å²) in [6.07, 6.45) is 7.66. The molecule has 3 heterocycles. The Bertz CT molecular complexity index is 489. The van der Waals surface area contributed by atoms with E-state index >= 15 is 0 Å². The van der Waals surface area contributed by atoms with Crippen molar-refractivity contribution in [1.29, 1.82) is 0 Å². The number of carbonyl (C=O) groups excluding carboxylic acids is 1. The molecule has 3 fully saturated rings. The van der Waals surface area contributed by atoms with E-state index in [1.54, 1.807) is 0 Å². The summed E-state index contributed by atoms with van der Waals surface area (Å²) in [5.41, 5.74) is 0. The summed E-state index contributed by atoms with van der Waals surface area (Å²) in [6, 6.07) is 0. The van der Waals surface area contributed by atoms with E-state index in [0.29, 0.717) is 37.9 Å². The van der Waals surface area contributed by atoms with Gasteiger partial charge in [0.1, 0.15) is 18.3 Å². The number of carbonyl (C=O) groups is 1. The van der Waals surface area contributed by atoms with Crippen molar-refractivity contribution in [3.05, 3.63) is 0 Å². The van der Waals surface area contributed by atoms with Crippen molar-refractivity contribution in [3.8, 4) is 0 Å². The van der Waals surface area contributed by atoms with Crippen molar-refractivity contribution in [3.63, 3.8) is 0 Å². The summed E-state index contributed by atoms with van der Waals surface area (Å²) in [5, 5.41) is 3.04. The molecule has 0 spiro atoms. The second-order valence-corrected chi connectivity index (χ2v) is 9.15. The predicted molar refractivity (Wildman–Crippen MR) is 123 cm³/mol. The van der Waals surface area contributed by atoms with Crippen LogP contribution in [-0.4, -0.2) is 115 Å². The van der Waals surface area contributed by atoms with Gasteiger partial charge in [-0.1, -0.05) is 0 Å². The van der Waals surface area contributed by atoms with E-state index in [2.05, 4.69) is 10.2 Å². The molecule has 9 heteroatoms. The molecule has 0 aromatic rings. The number of nitrogens with one attached hydrogen (secondary N) is 1. The topological polar surface area (TPSA) is 97.6 Å². The van der Waals surface area contributed by atoms with Crippen LogP contribution in [-0.2, 0) is 33.2 Å². The lowest BCUT2D eigenvalue weighted by molar-refractivity contribution is -0.121. The van der Waals surface area contributed by atoms with Gasteiger partial charge in [0, 0.05) is 39.3 Å². The average Bonchev–Trinajstić information content (AvgIpc) is 3.66. The number of hydrogen-bond donors (Lipinski definition) is 1. The van der Waals surface area contributed by atoms with Gasteiger partial charge in [0.05, 0.1) is 39.6 Å². The van der Waals surface area contributed by atoms with E-state index in [1.807, 2.05) is 0 Å². The van der Waals surface area contributed by atoms with E-state index < -0.39 is 0 Å². The molecule has 3 unspecified atom stereocenters. The first-order valence-corrected chi connectivity index (χ1v) is 12.9. The van der Waals surface area contributed by atoms with E-state index in [9.17, 15) is 4.79 Å². The summed E-state index contributed by atoms with van der Waals surface area (Å²) in [6.45, 7) is 10.5. The molecule has 1 N–H and O–H groups in total. The smallest absolute Gasteiger partial charge is 0.221 e. The summed E-state index contributed by atoms with van der Waals surface area (Å²) in [5.74, 6) is 0.132. The van der Waals surface area contributed by atoms with Crippen LogP contribution in [0.25, 0.3) is 0 Å². The Morgan fingerprint density at radius 3 is 1.61 bits per heavy atom. The second kappa shape index (κ2) is 16.8. The van der Waals surface area contributed by atoms with Crippen molar-refractivity contribution in [2.75, 3.05) is 85.6 Å². The molecule has 33 heavy (non-hydrogen) atoms. The molecule has 0 radical (unpaired) electrons. The van der Waals surface area contributed by atoms with Gasteiger partial charge in [-0.2, -0.15) is 0 Å². The van der Waals surface area contributed by atoms with Gasteiger partial charge in [0.2, 0.25) is 5.91 Å². The van der Waals surface area contributed by atoms with Crippen LogP contribution < -0.4 is 5.32 Å². The molecule has 0 aromatic heterocycles. The number of unbranched alkanes of at least 4 members (excludes halogenated alkanes) is 3. The third kappa shape index (κ3) is 15.7. The van der Waals surface area contributed by atoms with Crippen molar-refractivity contribution in [1.82, 2.24) is 10.2 Å². The van der Waals surface area contributed by atoms with Gasteiger partial charge >= 0.3 is 0 Å². The predicted octanol–water partition coefficient (Wildman–Crippen LogP) is 1.38. The van der Waals surface area contributed by atoms with Crippen LogP contribution in [0.3, 0.4) is 0 Å². The number of rotatable bonds is 24. The highest BCUT2D eigenvalue weighted by Gasteiger charge is 2.23. The van der Waals surface area contributed by atoms with Gasteiger partial charge in [-0.25, -0.2) is 0 Å². The van der Waals surface area contributed by atoms with Crippen molar-refractivity contribution < 1.29 is 33.2 Å². The third-order valence-electron chi connectivity index (χ3n) is 5.84. The highest BCUT2D eigenvalue weighted by Crippen LogP contribution is 2.10. The molecule has 3 saturated heterocycles. The van der Waals surface area contributed by atoms with Gasteiger partial charge in [-0.3, -0.25) is 4.79 Å². The summed E-state index contributed by atoms with van der Waals surface area (Å²) in [4.78, 5) is 14.7. The van der Waals surface area contributed by atoms with Crippen LogP contribution in [0.5, 0.6) is 0 Å². The van der Waals surface area contributed by atoms with Gasteiger partial charge in [0.15, 0.2) is 0 Å². The van der Waals surface area contributed by atoms with Gasteiger partial charge in [-0.05, 0) is 51.6 Å².